The highest BCUT2D eigenvalue weighted by Crippen LogP contribution is 2.08. The molecule has 0 fully saturated rings. The first kappa shape index (κ1) is 12.5. The number of aromatic nitrogens is 2. The third kappa shape index (κ3) is 3.23. The highest BCUT2D eigenvalue weighted by atomic mass is 16.2. The van der Waals surface area contributed by atoms with Crippen molar-refractivity contribution < 1.29 is 4.79 Å². The van der Waals surface area contributed by atoms with Crippen LogP contribution in [0.2, 0.25) is 0 Å². The zero-order valence-electron chi connectivity index (χ0n) is 10.0. The summed E-state index contributed by atoms with van der Waals surface area (Å²) < 4.78 is 1.65. The number of carbonyl (C=O) groups is 1. The second kappa shape index (κ2) is 5.50. The molecule has 0 saturated heterocycles. The van der Waals surface area contributed by atoms with Crippen LogP contribution in [0.3, 0.4) is 0 Å². The van der Waals surface area contributed by atoms with Gasteiger partial charge in [0.1, 0.15) is 0 Å². The Balaban J connectivity index is 2.55. The molecule has 0 unspecified atom stereocenters. The van der Waals surface area contributed by atoms with E-state index in [1.165, 1.54) is 0 Å². The minimum Gasteiger partial charge on any atom is -0.396 e. The van der Waals surface area contributed by atoms with Gasteiger partial charge in [-0.3, -0.25) is 9.48 Å². The number of nitrogens with one attached hydrogen (secondary N) is 1. The number of likely N-dealkylation sites (N-methyl/N-ethyl adjacent to an activating group) is 1. The molecule has 0 bridgehead atoms. The van der Waals surface area contributed by atoms with Crippen molar-refractivity contribution in [2.45, 2.75) is 13.5 Å². The van der Waals surface area contributed by atoms with Crippen LogP contribution in [0.4, 0.5) is 5.69 Å². The number of nitrogens with zero attached hydrogens (tertiary/aromatic N) is 3. The van der Waals surface area contributed by atoms with Gasteiger partial charge in [0.15, 0.2) is 5.69 Å². The van der Waals surface area contributed by atoms with E-state index in [2.05, 4.69) is 10.4 Å². The van der Waals surface area contributed by atoms with Crippen LogP contribution in [-0.4, -0.2) is 47.8 Å². The van der Waals surface area contributed by atoms with Gasteiger partial charge in [-0.1, -0.05) is 0 Å². The van der Waals surface area contributed by atoms with E-state index in [4.69, 9.17) is 5.73 Å². The number of rotatable bonds is 5. The first-order chi connectivity index (χ1) is 7.54. The molecular formula is C10H19N5O. The molecule has 1 amide bonds. The highest BCUT2D eigenvalue weighted by molar-refractivity contribution is 5.96. The Labute approximate surface area is 95.4 Å². The fraction of sp³-hybridized carbons (Fsp3) is 0.600. The van der Waals surface area contributed by atoms with E-state index >= 15 is 0 Å². The van der Waals surface area contributed by atoms with Gasteiger partial charge in [-0.15, -0.1) is 0 Å². The second-order valence-electron chi connectivity index (χ2n) is 3.85. The lowest BCUT2D eigenvalue weighted by atomic mass is 10.3. The molecule has 16 heavy (non-hydrogen) atoms. The zero-order valence-corrected chi connectivity index (χ0v) is 10.0. The van der Waals surface area contributed by atoms with E-state index in [0.29, 0.717) is 24.5 Å². The average Bonchev–Trinajstić information content (AvgIpc) is 2.59. The van der Waals surface area contributed by atoms with E-state index in [0.717, 1.165) is 6.54 Å². The standard InChI is InChI=1S/C10H19N5O/c1-4-15-7-8(11)9(13-15)10(16)12-5-6-14(2)3/h7H,4-6,11H2,1-3H3,(H,12,16). The van der Waals surface area contributed by atoms with Crippen LogP contribution in [0.15, 0.2) is 6.20 Å². The lowest BCUT2D eigenvalue weighted by Gasteiger charge is -2.09. The minimum absolute atomic E-state index is 0.216. The highest BCUT2D eigenvalue weighted by Gasteiger charge is 2.13. The van der Waals surface area contributed by atoms with Crippen molar-refractivity contribution in [1.29, 1.82) is 0 Å². The molecule has 3 N–H and O–H groups in total. The maximum atomic E-state index is 11.7. The Bertz CT molecular complexity index is 358. The third-order valence-corrected chi connectivity index (χ3v) is 2.17. The predicted molar refractivity (Wildman–Crippen MR) is 63.2 cm³/mol. The van der Waals surface area contributed by atoms with Crippen LogP contribution in [-0.2, 0) is 6.54 Å². The summed E-state index contributed by atoms with van der Waals surface area (Å²) in [6.07, 6.45) is 1.67. The number of carbonyl (C=O) groups excluding carboxylic acids is 1. The Morgan fingerprint density at radius 3 is 2.81 bits per heavy atom. The van der Waals surface area contributed by atoms with Crippen LogP contribution >= 0.6 is 0 Å². The fourth-order valence-corrected chi connectivity index (χ4v) is 1.25. The fourth-order valence-electron chi connectivity index (χ4n) is 1.25. The van der Waals surface area contributed by atoms with Crippen LogP contribution in [0, 0.1) is 0 Å². The summed E-state index contributed by atoms with van der Waals surface area (Å²) in [5.74, 6) is -0.216. The predicted octanol–water partition coefficient (Wildman–Crippen LogP) is -0.223. The van der Waals surface area contributed by atoms with Crippen molar-refractivity contribution in [2.24, 2.45) is 0 Å². The van der Waals surface area contributed by atoms with Gasteiger partial charge in [0.2, 0.25) is 0 Å². The number of anilines is 1. The summed E-state index contributed by atoms with van der Waals surface area (Å²) in [6.45, 7) is 4.03. The van der Waals surface area contributed by atoms with Crippen molar-refractivity contribution in [3.8, 4) is 0 Å². The number of nitrogens with two attached hydrogens (primary N) is 1. The summed E-state index contributed by atoms with van der Waals surface area (Å²) in [6, 6.07) is 0. The van der Waals surface area contributed by atoms with Crippen molar-refractivity contribution in [3.63, 3.8) is 0 Å². The molecule has 0 atom stereocenters. The molecular weight excluding hydrogens is 206 g/mol. The van der Waals surface area contributed by atoms with Gasteiger partial charge in [-0.05, 0) is 21.0 Å². The number of hydrogen-bond donors (Lipinski definition) is 2. The zero-order chi connectivity index (χ0) is 12.1. The first-order valence-electron chi connectivity index (χ1n) is 5.30. The van der Waals surface area contributed by atoms with Crippen molar-refractivity contribution in [3.05, 3.63) is 11.9 Å². The smallest absolute Gasteiger partial charge is 0.273 e. The van der Waals surface area contributed by atoms with Gasteiger partial charge < -0.3 is 16.0 Å². The molecule has 0 saturated carbocycles. The Kier molecular flexibility index (Phi) is 4.30. The monoisotopic (exact) mass is 225 g/mol. The molecule has 0 aromatic carbocycles. The molecule has 0 radical (unpaired) electrons. The average molecular weight is 225 g/mol. The van der Waals surface area contributed by atoms with E-state index in [1.54, 1.807) is 10.9 Å². The molecule has 0 aliphatic carbocycles. The molecule has 0 aliphatic heterocycles. The first-order valence-corrected chi connectivity index (χ1v) is 5.30. The molecule has 1 rings (SSSR count). The molecule has 1 aromatic heterocycles. The third-order valence-electron chi connectivity index (χ3n) is 2.17. The lowest BCUT2D eigenvalue weighted by Crippen LogP contribution is -2.32. The van der Waals surface area contributed by atoms with E-state index < -0.39 is 0 Å². The number of aryl methyl sites for hydroxylation is 1. The molecule has 6 nitrogen and oxygen atoms in total. The number of amides is 1. The summed E-state index contributed by atoms with van der Waals surface area (Å²) in [4.78, 5) is 13.7. The maximum absolute atomic E-state index is 11.7. The van der Waals surface area contributed by atoms with Gasteiger partial charge in [0.05, 0.1) is 5.69 Å². The van der Waals surface area contributed by atoms with Crippen LogP contribution < -0.4 is 11.1 Å². The van der Waals surface area contributed by atoms with Gasteiger partial charge in [-0.25, -0.2) is 0 Å². The van der Waals surface area contributed by atoms with Crippen molar-refractivity contribution in [1.82, 2.24) is 20.0 Å². The lowest BCUT2D eigenvalue weighted by molar-refractivity contribution is 0.0946. The largest absolute Gasteiger partial charge is 0.396 e. The molecule has 1 heterocycles. The minimum atomic E-state index is -0.216. The number of nitrogen functional groups attached to an aromatic ring is 1. The molecule has 1 aromatic rings. The van der Waals surface area contributed by atoms with Gasteiger partial charge >= 0.3 is 0 Å². The Morgan fingerprint density at radius 2 is 2.31 bits per heavy atom. The van der Waals surface area contributed by atoms with E-state index in [-0.39, 0.29) is 5.91 Å². The maximum Gasteiger partial charge on any atom is 0.273 e. The van der Waals surface area contributed by atoms with Crippen molar-refractivity contribution >= 4 is 11.6 Å². The van der Waals surface area contributed by atoms with Crippen LogP contribution in [0.1, 0.15) is 17.4 Å². The summed E-state index contributed by atoms with van der Waals surface area (Å²) in [5.41, 5.74) is 6.42. The molecule has 6 heteroatoms. The Morgan fingerprint density at radius 1 is 1.62 bits per heavy atom. The van der Waals surface area contributed by atoms with Gasteiger partial charge in [0, 0.05) is 25.8 Å². The van der Waals surface area contributed by atoms with Crippen LogP contribution in [0.25, 0.3) is 0 Å². The number of hydrogen-bond acceptors (Lipinski definition) is 4. The van der Waals surface area contributed by atoms with Crippen LogP contribution in [0.5, 0.6) is 0 Å². The van der Waals surface area contributed by atoms with Crippen molar-refractivity contribution in [2.75, 3.05) is 32.9 Å². The summed E-state index contributed by atoms with van der Waals surface area (Å²) in [7, 11) is 3.90. The Hall–Kier alpha value is -1.56. The second-order valence-corrected chi connectivity index (χ2v) is 3.85. The molecule has 0 aliphatic rings. The van der Waals surface area contributed by atoms with E-state index in [9.17, 15) is 4.79 Å². The molecule has 0 spiro atoms. The quantitative estimate of drug-likeness (QED) is 0.726. The summed E-state index contributed by atoms with van der Waals surface area (Å²) >= 11 is 0. The van der Waals surface area contributed by atoms with Gasteiger partial charge in [-0.2, -0.15) is 5.10 Å². The summed E-state index contributed by atoms with van der Waals surface area (Å²) in [5, 5.41) is 6.86. The topological polar surface area (TPSA) is 76.2 Å². The van der Waals surface area contributed by atoms with E-state index in [1.807, 2.05) is 25.9 Å². The van der Waals surface area contributed by atoms with Gasteiger partial charge in [0.25, 0.3) is 5.91 Å². The normalized spacial score (nSPS) is 10.8. The SMILES string of the molecule is CCn1cc(N)c(C(=O)NCCN(C)C)n1. The molecule has 90 valence electrons.